The lowest BCUT2D eigenvalue weighted by Gasteiger charge is -2.41. The molecule has 2 N–H and O–H groups in total. The molecule has 1 aliphatic heterocycles. The molecule has 1 aliphatic carbocycles. The van der Waals surface area contributed by atoms with Crippen molar-refractivity contribution in [3.63, 3.8) is 0 Å². The Morgan fingerprint density at radius 1 is 1.35 bits per heavy atom. The number of aliphatic hydroxyl groups is 1. The van der Waals surface area contributed by atoms with E-state index in [-0.39, 0.29) is 12.1 Å². The van der Waals surface area contributed by atoms with E-state index < -0.39 is 0 Å². The molecular formula is C14H28N2O. The molecule has 0 aromatic carbocycles. The van der Waals surface area contributed by atoms with Crippen LogP contribution in [0.25, 0.3) is 0 Å². The fourth-order valence-corrected chi connectivity index (χ4v) is 3.33. The summed E-state index contributed by atoms with van der Waals surface area (Å²) in [5, 5.41) is 13.2. The van der Waals surface area contributed by atoms with Crippen molar-refractivity contribution < 1.29 is 5.11 Å². The van der Waals surface area contributed by atoms with Crippen molar-refractivity contribution >= 4 is 0 Å². The number of likely N-dealkylation sites (N-methyl/N-ethyl adjacent to an activating group) is 1. The van der Waals surface area contributed by atoms with Gasteiger partial charge in [0.2, 0.25) is 0 Å². The highest BCUT2D eigenvalue weighted by atomic mass is 16.3. The van der Waals surface area contributed by atoms with Crippen molar-refractivity contribution in [1.82, 2.24) is 10.2 Å². The Bertz CT molecular complexity index is 236. The van der Waals surface area contributed by atoms with E-state index in [9.17, 15) is 5.11 Å². The van der Waals surface area contributed by atoms with Gasteiger partial charge in [0.15, 0.2) is 0 Å². The highest BCUT2D eigenvalue weighted by Gasteiger charge is 2.45. The van der Waals surface area contributed by atoms with Crippen LogP contribution in [-0.4, -0.2) is 48.8 Å². The first-order chi connectivity index (χ1) is 8.24. The lowest BCUT2D eigenvalue weighted by atomic mass is 9.90. The summed E-state index contributed by atoms with van der Waals surface area (Å²) in [7, 11) is 2.01. The van der Waals surface area contributed by atoms with Crippen molar-refractivity contribution in [2.45, 2.75) is 44.6 Å². The summed E-state index contributed by atoms with van der Waals surface area (Å²) >= 11 is 0. The molecule has 17 heavy (non-hydrogen) atoms. The van der Waals surface area contributed by atoms with E-state index in [1.807, 2.05) is 7.05 Å². The molecule has 1 saturated carbocycles. The van der Waals surface area contributed by atoms with Crippen LogP contribution in [0.5, 0.6) is 0 Å². The lowest BCUT2D eigenvalue weighted by Crippen LogP contribution is -2.58. The monoisotopic (exact) mass is 240 g/mol. The van der Waals surface area contributed by atoms with Gasteiger partial charge >= 0.3 is 0 Å². The molecule has 0 bridgehead atoms. The first kappa shape index (κ1) is 13.3. The summed E-state index contributed by atoms with van der Waals surface area (Å²) < 4.78 is 0. The van der Waals surface area contributed by atoms with Gasteiger partial charge in [-0.25, -0.2) is 0 Å². The second-order valence-electron chi connectivity index (χ2n) is 5.99. The van der Waals surface area contributed by atoms with Crippen LogP contribution in [-0.2, 0) is 0 Å². The number of likely N-dealkylation sites (tertiary alicyclic amines) is 1. The molecule has 2 rings (SSSR count). The molecule has 0 radical (unpaired) electrons. The maximum Gasteiger partial charge on any atom is 0.0628 e. The second-order valence-corrected chi connectivity index (χ2v) is 5.99. The van der Waals surface area contributed by atoms with Crippen molar-refractivity contribution in [3.05, 3.63) is 0 Å². The Morgan fingerprint density at radius 2 is 2.12 bits per heavy atom. The molecule has 1 saturated heterocycles. The molecule has 2 aliphatic rings. The zero-order chi connectivity index (χ0) is 12.3. The van der Waals surface area contributed by atoms with Gasteiger partial charge in [-0.05, 0) is 51.1 Å². The fraction of sp³-hybridized carbons (Fsp3) is 1.00. The van der Waals surface area contributed by atoms with E-state index in [1.54, 1.807) is 0 Å². The number of hydrogen-bond acceptors (Lipinski definition) is 3. The third-order valence-electron chi connectivity index (χ3n) is 4.83. The average Bonchev–Trinajstić information content (AvgIpc) is 3.21. The Labute approximate surface area is 106 Å². The molecule has 0 aromatic heterocycles. The van der Waals surface area contributed by atoms with Crippen LogP contribution in [0, 0.1) is 11.8 Å². The number of aliphatic hydroxyl groups excluding tert-OH is 1. The molecule has 0 aromatic rings. The summed E-state index contributed by atoms with van der Waals surface area (Å²) in [6, 6.07) is 0. The summed E-state index contributed by atoms with van der Waals surface area (Å²) in [5.41, 5.74) is -0.0321. The second kappa shape index (κ2) is 5.68. The topological polar surface area (TPSA) is 35.5 Å². The zero-order valence-electron chi connectivity index (χ0n) is 11.4. The minimum Gasteiger partial charge on any atom is -0.394 e. The van der Waals surface area contributed by atoms with E-state index in [0.717, 1.165) is 12.5 Å². The van der Waals surface area contributed by atoms with Gasteiger partial charge in [-0.3, -0.25) is 0 Å². The minimum absolute atomic E-state index is 0.0321. The van der Waals surface area contributed by atoms with E-state index >= 15 is 0 Å². The summed E-state index contributed by atoms with van der Waals surface area (Å²) in [4.78, 5) is 2.57. The highest BCUT2D eigenvalue weighted by molar-refractivity contribution is 5.02. The van der Waals surface area contributed by atoms with E-state index in [4.69, 9.17) is 0 Å². The van der Waals surface area contributed by atoms with E-state index in [1.165, 1.54) is 45.2 Å². The van der Waals surface area contributed by atoms with Gasteiger partial charge < -0.3 is 15.3 Å². The number of piperidine rings is 1. The van der Waals surface area contributed by atoms with Crippen LogP contribution in [0.15, 0.2) is 0 Å². The average molecular weight is 240 g/mol. The van der Waals surface area contributed by atoms with Gasteiger partial charge in [0.1, 0.15) is 0 Å². The van der Waals surface area contributed by atoms with Crippen LogP contribution in [0.3, 0.4) is 0 Å². The van der Waals surface area contributed by atoms with Crippen molar-refractivity contribution in [2.75, 3.05) is 33.3 Å². The smallest absolute Gasteiger partial charge is 0.0628 e. The van der Waals surface area contributed by atoms with Gasteiger partial charge in [0, 0.05) is 13.1 Å². The van der Waals surface area contributed by atoms with Crippen molar-refractivity contribution in [1.29, 1.82) is 0 Å². The van der Waals surface area contributed by atoms with Gasteiger partial charge in [-0.1, -0.05) is 13.3 Å². The molecule has 0 spiro atoms. The normalized spacial score (nSPS) is 30.2. The predicted octanol–water partition coefficient (Wildman–Crippen LogP) is 1.47. The lowest BCUT2D eigenvalue weighted by molar-refractivity contribution is 0.0727. The largest absolute Gasteiger partial charge is 0.394 e. The van der Waals surface area contributed by atoms with Crippen LogP contribution >= 0.6 is 0 Å². The summed E-state index contributed by atoms with van der Waals surface area (Å²) in [6.45, 7) is 6.05. The van der Waals surface area contributed by atoms with Crippen molar-refractivity contribution in [3.8, 4) is 0 Å². The highest BCUT2D eigenvalue weighted by Crippen LogP contribution is 2.40. The quantitative estimate of drug-likeness (QED) is 0.738. The van der Waals surface area contributed by atoms with Crippen molar-refractivity contribution in [2.24, 2.45) is 11.8 Å². The van der Waals surface area contributed by atoms with Gasteiger partial charge in [-0.2, -0.15) is 0 Å². The minimum atomic E-state index is -0.0321. The number of hydrogen-bond donors (Lipinski definition) is 2. The van der Waals surface area contributed by atoms with Crippen LogP contribution in [0.4, 0.5) is 0 Å². The Morgan fingerprint density at radius 3 is 2.65 bits per heavy atom. The number of nitrogens with zero attached hydrogens (tertiary/aromatic N) is 1. The summed E-state index contributed by atoms with van der Waals surface area (Å²) in [5.74, 6) is 1.57. The first-order valence-electron chi connectivity index (χ1n) is 7.26. The fourth-order valence-electron chi connectivity index (χ4n) is 3.33. The van der Waals surface area contributed by atoms with Crippen LogP contribution in [0.2, 0.25) is 0 Å². The molecular weight excluding hydrogens is 212 g/mol. The van der Waals surface area contributed by atoms with Gasteiger partial charge in [-0.15, -0.1) is 0 Å². The predicted molar refractivity (Wildman–Crippen MR) is 71.1 cm³/mol. The standard InChI is InChI=1S/C14H28N2O/c1-3-12-5-4-8-16(9-12)10-14(11-17,15-2)13-6-7-13/h12-13,15,17H,3-11H2,1-2H3. The van der Waals surface area contributed by atoms with Crippen LogP contribution in [0.1, 0.15) is 39.0 Å². The van der Waals surface area contributed by atoms with Gasteiger partial charge in [0.25, 0.3) is 0 Å². The Hall–Kier alpha value is -0.120. The third kappa shape index (κ3) is 3.01. The molecule has 3 heteroatoms. The van der Waals surface area contributed by atoms with Crippen LogP contribution < -0.4 is 5.32 Å². The SMILES string of the molecule is CCC1CCCN(CC(CO)(NC)C2CC2)C1. The maximum atomic E-state index is 9.75. The van der Waals surface area contributed by atoms with E-state index in [2.05, 4.69) is 17.1 Å². The molecule has 2 fully saturated rings. The van der Waals surface area contributed by atoms with E-state index in [0.29, 0.717) is 5.92 Å². The molecule has 0 amide bonds. The molecule has 2 atom stereocenters. The summed E-state index contributed by atoms with van der Waals surface area (Å²) in [6.07, 6.45) is 6.58. The molecule has 100 valence electrons. The number of rotatable bonds is 6. The zero-order valence-corrected chi connectivity index (χ0v) is 11.4. The van der Waals surface area contributed by atoms with Gasteiger partial charge in [0.05, 0.1) is 12.1 Å². The third-order valence-corrected chi connectivity index (χ3v) is 4.83. The Balaban J connectivity index is 1.93. The molecule has 3 nitrogen and oxygen atoms in total. The maximum absolute atomic E-state index is 9.75. The number of nitrogens with one attached hydrogen (secondary N) is 1. The molecule has 1 heterocycles. The Kier molecular flexibility index (Phi) is 4.45. The molecule has 2 unspecified atom stereocenters. The first-order valence-corrected chi connectivity index (χ1v) is 7.26.